The molecule has 0 aliphatic carbocycles. The number of benzene rings is 1. The molecule has 94 valence electrons. The third-order valence-electron chi connectivity index (χ3n) is 3.34. The minimum atomic E-state index is -0.190. The van der Waals surface area contributed by atoms with Crippen LogP contribution in [0.25, 0.3) is 0 Å². The summed E-state index contributed by atoms with van der Waals surface area (Å²) in [5, 5.41) is 9.83. The number of rotatable bonds is 4. The third kappa shape index (κ3) is 3.47. The summed E-state index contributed by atoms with van der Waals surface area (Å²) in [7, 11) is 0. The summed E-state index contributed by atoms with van der Waals surface area (Å²) < 4.78 is 0. The van der Waals surface area contributed by atoms with E-state index >= 15 is 0 Å². The van der Waals surface area contributed by atoms with Crippen LogP contribution in [0.5, 0.6) is 0 Å². The molecular formula is C14H21NOS. The lowest BCUT2D eigenvalue weighted by atomic mass is 10.1. The molecule has 0 bridgehead atoms. The molecule has 1 heterocycles. The highest BCUT2D eigenvalue weighted by Crippen LogP contribution is 2.29. The maximum atomic E-state index is 9.83. The number of β-amino-alcohol motifs (C(OH)–C–C–N with tert-alkyl or cyclic N) is 1. The van der Waals surface area contributed by atoms with Crippen LogP contribution in [-0.4, -0.2) is 40.7 Å². The Labute approximate surface area is 108 Å². The van der Waals surface area contributed by atoms with Crippen molar-refractivity contribution in [3.8, 4) is 0 Å². The van der Waals surface area contributed by atoms with Crippen molar-refractivity contribution in [2.24, 2.45) is 0 Å². The largest absolute Gasteiger partial charge is 0.392 e. The van der Waals surface area contributed by atoms with E-state index in [4.69, 9.17) is 0 Å². The first kappa shape index (κ1) is 12.9. The molecule has 1 N–H and O–H groups in total. The highest BCUT2D eigenvalue weighted by molar-refractivity contribution is 7.99. The van der Waals surface area contributed by atoms with E-state index in [2.05, 4.69) is 35.2 Å². The Morgan fingerprint density at radius 3 is 2.88 bits per heavy atom. The molecule has 2 rings (SSSR count). The van der Waals surface area contributed by atoms with E-state index in [0.717, 1.165) is 25.3 Å². The summed E-state index contributed by atoms with van der Waals surface area (Å²) in [6.07, 6.45) is 0.648. The van der Waals surface area contributed by atoms with Gasteiger partial charge in [0.05, 0.1) is 6.10 Å². The van der Waals surface area contributed by atoms with Gasteiger partial charge in [-0.2, -0.15) is 11.8 Å². The standard InChI is InChI=1S/C14H21NOS/c1-2-13(16)10-15-8-9-17-11-14(15)12-6-4-3-5-7-12/h3-7,13-14,16H,2,8-11H2,1H3. The summed E-state index contributed by atoms with van der Waals surface area (Å²) in [6.45, 7) is 3.93. The van der Waals surface area contributed by atoms with Crippen molar-refractivity contribution in [1.29, 1.82) is 0 Å². The van der Waals surface area contributed by atoms with E-state index in [-0.39, 0.29) is 6.10 Å². The van der Waals surface area contributed by atoms with Gasteiger partial charge in [0, 0.05) is 30.6 Å². The second-order valence-electron chi connectivity index (χ2n) is 4.56. The average molecular weight is 251 g/mol. The molecule has 1 saturated heterocycles. The first-order valence-corrected chi connectivity index (χ1v) is 7.51. The quantitative estimate of drug-likeness (QED) is 0.889. The lowest BCUT2D eigenvalue weighted by Gasteiger charge is -2.36. The van der Waals surface area contributed by atoms with Crippen molar-refractivity contribution in [3.63, 3.8) is 0 Å². The summed E-state index contributed by atoms with van der Waals surface area (Å²) in [4.78, 5) is 2.43. The molecule has 1 fully saturated rings. The van der Waals surface area contributed by atoms with Gasteiger partial charge in [-0.3, -0.25) is 4.90 Å². The highest BCUT2D eigenvalue weighted by Gasteiger charge is 2.25. The van der Waals surface area contributed by atoms with Crippen LogP contribution in [0.15, 0.2) is 30.3 Å². The zero-order valence-corrected chi connectivity index (χ0v) is 11.2. The number of hydrogen-bond acceptors (Lipinski definition) is 3. The summed E-state index contributed by atoms with van der Waals surface area (Å²) in [5.74, 6) is 2.32. The van der Waals surface area contributed by atoms with Crippen molar-refractivity contribution in [3.05, 3.63) is 35.9 Å². The normalized spacial score (nSPS) is 23.5. The second-order valence-corrected chi connectivity index (χ2v) is 5.71. The predicted octanol–water partition coefficient (Wildman–Crippen LogP) is 2.55. The summed E-state index contributed by atoms with van der Waals surface area (Å²) in [5.41, 5.74) is 1.38. The molecule has 3 heteroatoms. The second kappa shape index (κ2) is 6.43. The van der Waals surface area contributed by atoms with Gasteiger partial charge in [0.25, 0.3) is 0 Å². The Hall–Kier alpha value is -0.510. The Kier molecular flexibility index (Phi) is 4.89. The lowest BCUT2D eigenvalue weighted by Crippen LogP contribution is -2.40. The van der Waals surface area contributed by atoms with E-state index < -0.39 is 0 Å². The molecule has 1 aromatic rings. The smallest absolute Gasteiger partial charge is 0.0664 e. The Bertz CT molecular complexity index is 330. The van der Waals surface area contributed by atoms with E-state index in [1.807, 2.05) is 18.7 Å². The fraction of sp³-hybridized carbons (Fsp3) is 0.571. The van der Waals surface area contributed by atoms with Gasteiger partial charge in [0.15, 0.2) is 0 Å². The van der Waals surface area contributed by atoms with Crippen molar-refractivity contribution < 1.29 is 5.11 Å². The van der Waals surface area contributed by atoms with Crippen molar-refractivity contribution >= 4 is 11.8 Å². The molecule has 0 radical (unpaired) electrons. The van der Waals surface area contributed by atoms with Crippen LogP contribution < -0.4 is 0 Å². The number of nitrogens with zero attached hydrogens (tertiary/aromatic N) is 1. The lowest BCUT2D eigenvalue weighted by molar-refractivity contribution is 0.0916. The number of aliphatic hydroxyl groups is 1. The van der Waals surface area contributed by atoms with Gasteiger partial charge in [0.1, 0.15) is 0 Å². The fourth-order valence-electron chi connectivity index (χ4n) is 2.24. The van der Waals surface area contributed by atoms with Gasteiger partial charge in [-0.05, 0) is 12.0 Å². The molecule has 2 unspecified atom stereocenters. The van der Waals surface area contributed by atoms with Gasteiger partial charge in [-0.15, -0.1) is 0 Å². The fourth-order valence-corrected chi connectivity index (χ4v) is 3.40. The summed E-state index contributed by atoms with van der Waals surface area (Å²) in [6, 6.07) is 11.1. The Morgan fingerprint density at radius 2 is 2.18 bits per heavy atom. The Morgan fingerprint density at radius 1 is 1.41 bits per heavy atom. The molecule has 17 heavy (non-hydrogen) atoms. The number of thioether (sulfide) groups is 1. The topological polar surface area (TPSA) is 23.5 Å². The monoisotopic (exact) mass is 251 g/mol. The zero-order chi connectivity index (χ0) is 12.1. The molecule has 0 spiro atoms. The van der Waals surface area contributed by atoms with E-state index in [0.29, 0.717) is 6.04 Å². The van der Waals surface area contributed by atoms with Gasteiger partial charge in [-0.25, -0.2) is 0 Å². The van der Waals surface area contributed by atoms with Crippen LogP contribution in [0.4, 0.5) is 0 Å². The highest BCUT2D eigenvalue weighted by atomic mass is 32.2. The zero-order valence-electron chi connectivity index (χ0n) is 10.4. The van der Waals surface area contributed by atoms with Crippen molar-refractivity contribution in [1.82, 2.24) is 4.90 Å². The molecule has 0 aromatic heterocycles. The molecule has 2 nitrogen and oxygen atoms in total. The first-order chi connectivity index (χ1) is 8.31. The van der Waals surface area contributed by atoms with E-state index in [1.165, 1.54) is 11.3 Å². The molecule has 0 amide bonds. The van der Waals surface area contributed by atoms with Crippen LogP contribution in [-0.2, 0) is 0 Å². The van der Waals surface area contributed by atoms with Gasteiger partial charge < -0.3 is 5.11 Å². The maximum absolute atomic E-state index is 9.83. The maximum Gasteiger partial charge on any atom is 0.0664 e. The van der Waals surface area contributed by atoms with Gasteiger partial charge >= 0.3 is 0 Å². The molecule has 1 aliphatic heterocycles. The van der Waals surface area contributed by atoms with Crippen molar-refractivity contribution in [2.75, 3.05) is 24.6 Å². The van der Waals surface area contributed by atoms with Crippen molar-refractivity contribution in [2.45, 2.75) is 25.5 Å². The van der Waals surface area contributed by atoms with E-state index in [1.54, 1.807) is 0 Å². The SMILES string of the molecule is CCC(O)CN1CCSCC1c1ccccc1. The third-order valence-corrected chi connectivity index (χ3v) is 4.36. The molecule has 0 saturated carbocycles. The van der Waals surface area contributed by atoms with Crippen LogP contribution in [0.3, 0.4) is 0 Å². The van der Waals surface area contributed by atoms with Gasteiger partial charge in [-0.1, -0.05) is 37.3 Å². The molecule has 2 atom stereocenters. The molecule has 1 aliphatic rings. The molecule has 1 aromatic carbocycles. The minimum absolute atomic E-state index is 0.190. The van der Waals surface area contributed by atoms with E-state index in [9.17, 15) is 5.11 Å². The van der Waals surface area contributed by atoms with Crippen LogP contribution in [0.2, 0.25) is 0 Å². The van der Waals surface area contributed by atoms with Crippen LogP contribution in [0.1, 0.15) is 24.9 Å². The van der Waals surface area contributed by atoms with Crippen LogP contribution >= 0.6 is 11.8 Å². The summed E-state index contributed by atoms with van der Waals surface area (Å²) >= 11 is 2.01. The minimum Gasteiger partial charge on any atom is -0.392 e. The predicted molar refractivity (Wildman–Crippen MR) is 74.4 cm³/mol. The number of aliphatic hydroxyl groups excluding tert-OH is 1. The van der Waals surface area contributed by atoms with Gasteiger partial charge in [0.2, 0.25) is 0 Å². The average Bonchev–Trinajstić information content (AvgIpc) is 2.40. The Balaban J connectivity index is 2.07. The first-order valence-electron chi connectivity index (χ1n) is 6.36. The number of hydrogen-bond donors (Lipinski definition) is 1. The molecular weight excluding hydrogens is 230 g/mol. The van der Waals surface area contributed by atoms with Crippen LogP contribution in [0, 0.1) is 0 Å².